The van der Waals surface area contributed by atoms with Crippen molar-refractivity contribution in [2.45, 2.75) is 13.3 Å². The highest BCUT2D eigenvalue weighted by atomic mass is 16.5. The molecule has 5 heteroatoms. The number of ether oxygens (including phenoxy) is 2. The van der Waals surface area contributed by atoms with Crippen molar-refractivity contribution in [1.82, 2.24) is 5.32 Å². The second kappa shape index (κ2) is 10.4. The van der Waals surface area contributed by atoms with Crippen LogP contribution in [0.2, 0.25) is 0 Å². The van der Waals surface area contributed by atoms with Crippen molar-refractivity contribution in [3.05, 3.63) is 0 Å². The van der Waals surface area contributed by atoms with Crippen molar-refractivity contribution < 1.29 is 19.4 Å². The minimum absolute atomic E-state index is 0.0445. The van der Waals surface area contributed by atoms with Gasteiger partial charge in [-0.3, -0.25) is 4.79 Å². The van der Waals surface area contributed by atoms with Crippen molar-refractivity contribution in [1.29, 1.82) is 0 Å². The van der Waals surface area contributed by atoms with Crippen molar-refractivity contribution >= 4 is 5.97 Å². The molecular formula is C9H19NO4. The second-order valence-corrected chi connectivity index (χ2v) is 2.64. The summed E-state index contributed by atoms with van der Waals surface area (Å²) in [6, 6.07) is 0. The largest absolute Gasteiger partial charge is 0.466 e. The van der Waals surface area contributed by atoms with Crippen LogP contribution in [-0.4, -0.2) is 50.6 Å². The summed E-state index contributed by atoms with van der Waals surface area (Å²) in [6.45, 7) is 4.44. The smallest absolute Gasteiger partial charge is 0.307 e. The third-order valence-electron chi connectivity index (χ3n) is 1.47. The fourth-order valence-corrected chi connectivity index (χ4v) is 0.860. The predicted octanol–water partition coefficient (Wildman–Crippen LogP) is -0.462. The maximum atomic E-state index is 10.9. The molecule has 0 aromatic rings. The average Bonchev–Trinajstić information content (AvgIpc) is 2.17. The Morgan fingerprint density at radius 1 is 1.36 bits per heavy atom. The van der Waals surface area contributed by atoms with Crippen molar-refractivity contribution in [2.24, 2.45) is 0 Å². The Hall–Kier alpha value is -0.650. The number of aliphatic hydroxyl groups is 1. The summed E-state index contributed by atoms with van der Waals surface area (Å²) in [6.07, 6.45) is 0.383. The van der Waals surface area contributed by atoms with Crippen LogP contribution in [0.4, 0.5) is 0 Å². The lowest BCUT2D eigenvalue weighted by Crippen LogP contribution is -2.23. The van der Waals surface area contributed by atoms with Crippen molar-refractivity contribution in [2.75, 3.05) is 39.5 Å². The van der Waals surface area contributed by atoms with Gasteiger partial charge in [0, 0.05) is 13.1 Å². The number of esters is 1. The molecule has 0 aliphatic carbocycles. The van der Waals surface area contributed by atoms with E-state index in [2.05, 4.69) is 5.32 Å². The van der Waals surface area contributed by atoms with Crippen LogP contribution < -0.4 is 5.32 Å². The quantitative estimate of drug-likeness (QED) is 0.394. The zero-order valence-corrected chi connectivity index (χ0v) is 8.62. The second-order valence-electron chi connectivity index (χ2n) is 2.64. The number of hydrogen-bond acceptors (Lipinski definition) is 5. The minimum Gasteiger partial charge on any atom is -0.466 e. The summed E-state index contributed by atoms with van der Waals surface area (Å²) in [5.41, 5.74) is 0. The molecule has 0 radical (unpaired) electrons. The lowest BCUT2D eigenvalue weighted by atomic mass is 10.4. The van der Waals surface area contributed by atoms with E-state index in [0.717, 1.165) is 0 Å². The van der Waals surface area contributed by atoms with Crippen LogP contribution in [-0.2, 0) is 14.3 Å². The van der Waals surface area contributed by atoms with Gasteiger partial charge in [-0.15, -0.1) is 0 Å². The van der Waals surface area contributed by atoms with E-state index in [-0.39, 0.29) is 12.6 Å². The fourth-order valence-electron chi connectivity index (χ4n) is 0.860. The lowest BCUT2D eigenvalue weighted by molar-refractivity contribution is -0.142. The van der Waals surface area contributed by atoms with Gasteiger partial charge in [0.2, 0.25) is 0 Å². The fraction of sp³-hybridized carbons (Fsp3) is 0.889. The number of nitrogens with one attached hydrogen (secondary N) is 1. The van der Waals surface area contributed by atoms with Crippen molar-refractivity contribution in [3.63, 3.8) is 0 Å². The number of hydrogen-bond donors (Lipinski definition) is 2. The molecule has 0 amide bonds. The topological polar surface area (TPSA) is 67.8 Å². The summed E-state index contributed by atoms with van der Waals surface area (Å²) in [7, 11) is 0. The van der Waals surface area contributed by atoms with Gasteiger partial charge in [0.1, 0.15) is 0 Å². The van der Waals surface area contributed by atoms with E-state index in [1.165, 1.54) is 0 Å². The summed E-state index contributed by atoms with van der Waals surface area (Å²) in [5, 5.41) is 11.4. The maximum Gasteiger partial charge on any atom is 0.307 e. The van der Waals surface area contributed by atoms with Gasteiger partial charge in [-0.25, -0.2) is 0 Å². The first-order valence-electron chi connectivity index (χ1n) is 4.86. The molecule has 0 aliphatic heterocycles. The molecule has 0 bridgehead atoms. The summed E-state index contributed by atoms with van der Waals surface area (Å²) in [4.78, 5) is 10.9. The van der Waals surface area contributed by atoms with Gasteiger partial charge < -0.3 is 19.9 Å². The third-order valence-corrected chi connectivity index (χ3v) is 1.47. The van der Waals surface area contributed by atoms with E-state index in [1.54, 1.807) is 6.92 Å². The molecule has 0 atom stereocenters. The summed E-state index contributed by atoms with van der Waals surface area (Å²) >= 11 is 0. The molecule has 0 fully saturated rings. The molecule has 0 aromatic carbocycles. The molecule has 0 saturated heterocycles. The summed E-state index contributed by atoms with van der Waals surface area (Å²) < 4.78 is 9.75. The Labute approximate surface area is 84.4 Å². The average molecular weight is 205 g/mol. The Morgan fingerprint density at radius 3 is 2.79 bits per heavy atom. The van der Waals surface area contributed by atoms with Gasteiger partial charge in [-0.05, 0) is 6.92 Å². The summed E-state index contributed by atoms with van der Waals surface area (Å²) in [5.74, 6) is -0.184. The highest BCUT2D eigenvalue weighted by Gasteiger charge is 1.99. The highest BCUT2D eigenvalue weighted by Crippen LogP contribution is 1.83. The molecule has 0 heterocycles. The van der Waals surface area contributed by atoms with Gasteiger partial charge in [0.05, 0.1) is 32.8 Å². The molecule has 0 aromatic heterocycles. The van der Waals surface area contributed by atoms with Crippen LogP contribution in [0.25, 0.3) is 0 Å². The molecule has 14 heavy (non-hydrogen) atoms. The number of carbonyl (C=O) groups is 1. The lowest BCUT2D eigenvalue weighted by Gasteiger charge is -2.04. The van der Waals surface area contributed by atoms with E-state index in [9.17, 15) is 4.79 Å². The van der Waals surface area contributed by atoms with Crippen LogP contribution in [0, 0.1) is 0 Å². The van der Waals surface area contributed by atoms with E-state index >= 15 is 0 Å². The Balaban J connectivity index is 3.01. The van der Waals surface area contributed by atoms with Crippen molar-refractivity contribution in [3.8, 4) is 0 Å². The highest BCUT2D eigenvalue weighted by molar-refractivity contribution is 5.69. The first-order valence-corrected chi connectivity index (χ1v) is 4.86. The minimum atomic E-state index is -0.184. The van der Waals surface area contributed by atoms with Gasteiger partial charge in [0.25, 0.3) is 0 Å². The van der Waals surface area contributed by atoms with Gasteiger partial charge in [-0.2, -0.15) is 0 Å². The molecule has 0 rings (SSSR count). The molecule has 0 aliphatic rings. The molecule has 0 spiro atoms. The van der Waals surface area contributed by atoms with Crippen LogP contribution in [0.5, 0.6) is 0 Å². The third kappa shape index (κ3) is 9.44. The molecular weight excluding hydrogens is 186 g/mol. The van der Waals surface area contributed by atoms with Gasteiger partial charge in [-0.1, -0.05) is 0 Å². The number of rotatable bonds is 9. The molecule has 84 valence electrons. The molecule has 2 N–H and O–H groups in total. The number of carbonyl (C=O) groups excluding carboxylic acids is 1. The van der Waals surface area contributed by atoms with Gasteiger partial charge >= 0.3 is 5.97 Å². The Kier molecular flexibility index (Phi) is 9.95. The van der Waals surface area contributed by atoms with Crippen LogP contribution in [0.1, 0.15) is 13.3 Å². The maximum absolute atomic E-state index is 10.9. The standard InChI is InChI=1S/C9H19NO4/c1-2-14-9(12)3-4-10-5-7-13-8-6-11/h10-11H,2-8H2,1H3. The monoisotopic (exact) mass is 205 g/mol. The Morgan fingerprint density at radius 2 is 2.14 bits per heavy atom. The Bertz CT molecular complexity index is 141. The molecule has 5 nitrogen and oxygen atoms in total. The van der Waals surface area contributed by atoms with Crippen LogP contribution >= 0.6 is 0 Å². The predicted molar refractivity (Wildman–Crippen MR) is 52.0 cm³/mol. The van der Waals surface area contributed by atoms with Crippen LogP contribution in [0.15, 0.2) is 0 Å². The zero-order valence-electron chi connectivity index (χ0n) is 8.62. The molecule has 0 saturated carbocycles. The first-order chi connectivity index (χ1) is 6.81. The van der Waals surface area contributed by atoms with E-state index in [4.69, 9.17) is 14.6 Å². The van der Waals surface area contributed by atoms with Crippen LogP contribution in [0.3, 0.4) is 0 Å². The van der Waals surface area contributed by atoms with E-state index < -0.39 is 0 Å². The molecule has 0 unspecified atom stereocenters. The zero-order chi connectivity index (χ0) is 10.6. The van der Waals surface area contributed by atoms with E-state index in [0.29, 0.717) is 39.3 Å². The van der Waals surface area contributed by atoms with Gasteiger partial charge in [0.15, 0.2) is 0 Å². The normalized spacial score (nSPS) is 10.1. The number of aliphatic hydroxyl groups excluding tert-OH is 1. The first kappa shape index (κ1) is 13.4. The van der Waals surface area contributed by atoms with E-state index in [1.807, 2.05) is 0 Å². The SMILES string of the molecule is CCOC(=O)CCNCCOCCO.